The second-order valence-corrected chi connectivity index (χ2v) is 9.23. The summed E-state index contributed by atoms with van der Waals surface area (Å²) in [7, 11) is 0. The Kier molecular flexibility index (Phi) is 5.25. The largest absolute Gasteiger partial charge is 0.354 e. The SMILES string of the molecule is CC1(NC(=O)c2nccc(Nc3ccc(C(=O)NC4=NCCN4)cc3C3CC3)c2Cl)CC1. The van der Waals surface area contributed by atoms with Gasteiger partial charge in [0.05, 0.1) is 17.3 Å². The number of anilines is 2. The molecular formula is C23H25ClN6O2. The fraction of sp³-hybridized carbons (Fsp3) is 0.391. The highest BCUT2D eigenvalue weighted by atomic mass is 35.5. The van der Waals surface area contributed by atoms with Crippen molar-refractivity contribution in [2.24, 2.45) is 4.99 Å². The number of amides is 2. The number of carbonyl (C=O) groups excluding carboxylic acids is 2. The summed E-state index contributed by atoms with van der Waals surface area (Å²) in [6.07, 6.45) is 5.64. The van der Waals surface area contributed by atoms with Crippen LogP contribution in [0.1, 0.15) is 64.9 Å². The lowest BCUT2D eigenvalue weighted by atomic mass is 10.0. The van der Waals surface area contributed by atoms with Gasteiger partial charge >= 0.3 is 0 Å². The molecule has 0 spiro atoms. The number of nitrogens with zero attached hydrogens (tertiary/aromatic N) is 2. The Morgan fingerprint density at radius 1 is 1.16 bits per heavy atom. The minimum Gasteiger partial charge on any atom is -0.354 e. The molecule has 0 unspecified atom stereocenters. The lowest BCUT2D eigenvalue weighted by Gasteiger charge is -2.16. The average Bonchev–Trinajstić information content (AvgIpc) is 3.69. The van der Waals surface area contributed by atoms with Gasteiger partial charge in [-0.2, -0.15) is 0 Å². The number of nitrogens with one attached hydrogen (secondary N) is 4. The summed E-state index contributed by atoms with van der Waals surface area (Å²) in [6, 6.07) is 7.32. The maximum atomic E-state index is 12.6. The van der Waals surface area contributed by atoms with E-state index < -0.39 is 0 Å². The van der Waals surface area contributed by atoms with Gasteiger partial charge in [0.15, 0.2) is 5.96 Å². The van der Waals surface area contributed by atoms with E-state index in [0.29, 0.717) is 29.7 Å². The number of carbonyl (C=O) groups is 2. The van der Waals surface area contributed by atoms with E-state index >= 15 is 0 Å². The van der Waals surface area contributed by atoms with Gasteiger partial charge in [-0.05, 0) is 68.4 Å². The van der Waals surface area contributed by atoms with Gasteiger partial charge in [0, 0.05) is 29.5 Å². The first-order valence-electron chi connectivity index (χ1n) is 10.9. The Morgan fingerprint density at radius 3 is 2.66 bits per heavy atom. The molecule has 166 valence electrons. The lowest BCUT2D eigenvalue weighted by molar-refractivity contribution is 0.0929. The molecule has 2 aromatic rings. The number of aliphatic imine (C=N–C) groups is 1. The van der Waals surface area contributed by atoms with Crippen LogP contribution in [0.5, 0.6) is 0 Å². The van der Waals surface area contributed by atoms with Crippen molar-refractivity contribution in [1.82, 2.24) is 20.9 Å². The Labute approximate surface area is 191 Å². The molecule has 1 aromatic heterocycles. The van der Waals surface area contributed by atoms with Gasteiger partial charge in [0.25, 0.3) is 11.8 Å². The number of benzene rings is 1. The molecular weight excluding hydrogens is 428 g/mol. The van der Waals surface area contributed by atoms with Crippen LogP contribution in [0.15, 0.2) is 35.5 Å². The third-order valence-corrected chi connectivity index (χ3v) is 6.41. The van der Waals surface area contributed by atoms with Crippen LogP contribution >= 0.6 is 11.6 Å². The third-order valence-electron chi connectivity index (χ3n) is 6.03. The van der Waals surface area contributed by atoms with Gasteiger partial charge in [0.1, 0.15) is 5.69 Å². The maximum absolute atomic E-state index is 12.6. The molecule has 0 saturated heterocycles. The van der Waals surface area contributed by atoms with E-state index in [2.05, 4.69) is 31.2 Å². The Hall–Kier alpha value is -3.13. The summed E-state index contributed by atoms with van der Waals surface area (Å²) >= 11 is 6.56. The van der Waals surface area contributed by atoms with E-state index in [-0.39, 0.29) is 28.1 Å². The molecule has 2 heterocycles. The Morgan fingerprint density at radius 2 is 1.97 bits per heavy atom. The highest BCUT2D eigenvalue weighted by molar-refractivity contribution is 6.36. The zero-order chi connectivity index (χ0) is 22.3. The minimum atomic E-state index is -0.267. The fourth-order valence-corrected chi connectivity index (χ4v) is 3.95. The van der Waals surface area contributed by atoms with Gasteiger partial charge in [0.2, 0.25) is 0 Å². The molecule has 8 nitrogen and oxygen atoms in total. The molecule has 2 amide bonds. The number of aromatic nitrogens is 1. The molecule has 9 heteroatoms. The summed E-state index contributed by atoms with van der Waals surface area (Å²) in [6.45, 7) is 3.41. The smallest absolute Gasteiger partial charge is 0.271 e. The van der Waals surface area contributed by atoms with E-state index in [0.717, 1.165) is 43.5 Å². The van der Waals surface area contributed by atoms with Crippen LogP contribution in [-0.4, -0.2) is 41.4 Å². The van der Waals surface area contributed by atoms with Crippen molar-refractivity contribution in [1.29, 1.82) is 0 Å². The first-order valence-corrected chi connectivity index (χ1v) is 11.3. The van der Waals surface area contributed by atoms with Gasteiger partial charge < -0.3 is 16.0 Å². The number of hydrogen-bond donors (Lipinski definition) is 4. The Balaban J connectivity index is 1.37. The van der Waals surface area contributed by atoms with Gasteiger partial charge in [-0.3, -0.25) is 19.9 Å². The van der Waals surface area contributed by atoms with Crippen molar-refractivity contribution >= 4 is 40.7 Å². The number of hydrogen-bond acceptors (Lipinski definition) is 6. The predicted molar refractivity (Wildman–Crippen MR) is 124 cm³/mol. The summed E-state index contributed by atoms with van der Waals surface area (Å²) < 4.78 is 0. The van der Waals surface area contributed by atoms with E-state index in [1.807, 2.05) is 19.1 Å². The van der Waals surface area contributed by atoms with Gasteiger partial charge in [-0.25, -0.2) is 4.98 Å². The molecule has 2 fully saturated rings. The summed E-state index contributed by atoms with van der Waals surface area (Å²) in [5.41, 5.74) is 3.17. The quantitative estimate of drug-likeness (QED) is 0.537. The number of guanidine groups is 1. The van der Waals surface area contributed by atoms with Crippen molar-refractivity contribution in [3.05, 3.63) is 52.3 Å². The molecule has 5 rings (SSSR count). The lowest BCUT2D eigenvalue weighted by Crippen LogP contribution is -2.38. The number of halogens is 1. The van der Waals surface area contributed by atoms with E-state index in [1.165, 1.54) is 0 Å². The molecule has 1 aromatic carbocycles. The van der Waals surface area contributed by atoms with Crippen molar-refractivity contribution < 1.29 is 9.59 Å². The highest BCUT2D eigenvalue weighted by Gasteiger charge is 2.39. The molecule has 0 bridgehead atoms. The summed E-state index contributed by atoms with van der Waals surface area (Å²) in [4.78, 5) is 33.7. The van der Waals surface area contributed by atoms with Crippen LogP contribution in [0.4, 0.5) is 11.4 Å². The monoisotopic (exact) mass is 452 g/mol. The van der Waals surface area contributed by atoms with Crippen molar-refractivity contribution in [2.45, 2.75) is 44.1 Å². The van der Waals surface area contributed by atoms with Crippen molar-refractivity contribution in [3.63, 3.8) is 0 Å². The molecule has 2 saturated carbocycles. The van der Waals surface area contributed by atoms with Crippen LogP contribution in [0.25, 0.3) is 0 Å². The predicted octanol–water partition coefficient (Wildman–Crippen LogP) is 3.33. The van der Waals surface area contributed by atoms with E-state index in [9.17, 15) is 9.59 Å². The van der Waals surface area contributed by atoms with Crippen molar-refractivity contribution in [2.75, 3.05) is 18.4 Å². The molecule has 3 aliphatic rings. The van der Waals surface area contributed by atoms with Crippen molar-refractivity contribution in [3.8, 4) is 0 Å². The van der Waals surface area contributed by atoms with Gasteiger partial charge in [-0.15, -0.1) is 0 Å². The number of rotatable bonds is 6. The van der Waals surface area contributed by atoms with Crippen LogP contribution in [0.2, 0.25) is 5.02 Å². The van der Waals surface area contributed by atoms with E-state index in [4.69, 9.17) is 11.6 Å². The first-order chi connectivity index (χ1) is 15.4. The van der Waals surface area contributed by atoms with Crippen LogP contribution < -0.4 is 21.3 Å². The molecule has 1 aliphatic heterocycles. The van der Waals surface area contributed by atoms with Crippen LogP contribution in [0, 0.1) is 0 Å². The molecule has 2 aliphatic carbocycles. The molecule has 4 N–H and O–H groups in total. The normalized spacial score (nSPS) is 18.4. The zero-order valence-corrected chi connectivity index (χ0v) is 18.6. The third kappa shape index (κ3) is 4.41. The second-order valence-electron chi connectivity index (χ2n) is 8.85. The van der Waals surface area contributed by atoms with Crippen LogP contribution in [-0.2, 0) is 0 Å². The number of pyridine rings is 1. The minimum absolute atomic E-state index is 0.152. The standard InChI is InChI=1S/C23H25ClN6O2/c1-23(7-8-23)30-21(32)19-18(24)17(6-9-25-19)28-16-5-4-14(12-15(16)13-2-3-13)20(31)29-22-26-10-11-27-22/h4-6,9,12-13H,2-3,7-8,10-11H2,1H3,(H,25,28)(H,30,32)(H2,26,27,29,31). The first kappa shape index (κ1) is 20.8. The van der Waals surface area contributed by atoms with Gasteiger partial charge in [-0.1, -0.05) is 11.6 Å². The van der Waals surface area contributed by atoms with E-state index in [1.54, 1.807) is 18.3 Å². The summed E-state index contributed by atoms with van der Waals surface area (Å²) in [5.74, 6) is 0.447. The van der Waals surface area contributed by atoms with Crippen LogP contribution in [0.3, 0.4) is 0 Å². The highest BCUT2D eigenvalue weighted by Crippen LogP contribution is 2.45. The second kappa shape index (κ2) is 8.09. The molecule has 32 heavy (non-hydrogen) atoms. The summed E-state index contributed by atoms with van der Waals surface area (Å²) in [5, 5.41) is 12.5. The molecule has 0 radical (unpaired) electrons. The zero-order valence-electron chi connectivity index (χ0n) is 17.8. The Bertz CT molecular complexity index is 1120. The fourth-order valence-electron chi connectivity index (χ4n) is 3.70. The molecule has 0 atom stereocenters. The average molecular weight is 453 g/mol. The maximum Gasteiger partial charge on any atom is 0.271 e. The topological polar surface area (TPSA) is 108 Å².